The van der Waals surface area contributed by atoms with Crippen molar-refractivity contribution in [3.8, 4) is 0 Å². The number of nitrogens with zero attached hydrogens (tertiary/aromatic N) is 2. The largest absolute Gasteiger partial charge is 0.308 e. The molecule has 0 amide bonds. The second-order valence-corrected chi connectivity index (χ2v) is 5.99. The lowest BCUT2D eigenvalue weighted by Crippen LogP contribution is -2.31. The molecule has 0 aliphatic carbocycles. The van der Waals surface area contributed by atoms with Crippen molar-refractivity contribution in [1.29, 1.82) is 0 Å². The van der Waals surface area contributed by atoms with E-state index in [1.54, 1.807) is 0 Å². The van der Waals surface area contributed by atoms with Crippen LogP contribution in [0.15, 0.2) is 54.6 Å². The first-order chi connectivity index (χ1) is 10.1. The summed E-state index contributed by atoms with van der Waals surface area (Å²) in [4.78, 5) is 4.76. The summed E-state index contributed by atoms with van der Waals surface area (Å²) in [6, 6.07) is 19.6. The average Bonchev–Trinajstić information content (AvgIpc) is 2.48. The molecule has 0 spiro atoms. The molecule has 112 valence electrons. The highest BCUT2D eigenvalue weighted by Gasteiger charge is 2.07. The third kappa shape index (κ3) is 5.70. The fourth-order valence-electron chi connectivity index (χ4n) is 2.35. The Bertz CT molecular complexity index is 517. The molecule has 0 fully saturated rings. The van der Waals surface area contributed by atoms with Crippen molar-refractivity contribution in [2.24, 2.45) is 0 Å². The molecule has 21 heavy (non-hydrogen) atoms. The van der Waals surface area contributed by atoms with Crippen LogP contribution in [0, 0.1) is 6.92 Å². The Hall–Kier alpha value is -1.64. The Morgan fingerprint density at radius 2 is 1.29 bits per heavy atom. The van der Waals surface area contributed by atoms with Crippen LogP contribution < -0.4 is 0 Å². The maximum Gasteiger partial charge on any atom is 0.0237 e. The predicted molar refractivity (Wildman–Crippen MR) is 90.3 cm³/mol. The number of benzene rings is 2. The van der Waals surface area contributed by atoms with Gasteiger partial charge in [0.2, 0.25) is 0 Å². The smallest absolute Gasteiger partial charge is 0.0237 e. The first-order valence-electron chi connectivity index (χ1n) is 7.60. The number of hydrogen-bond donors (Lipinski definition) is 0. The summed E-state index contributed by atoms with van der Waals surface area (Å²) >= 11 is 0. The van der Waals surface area contributed by atoms with Crippen LogP contribution in [0.1, 0.15) is 16.7 Å². The molecular formula is C19H26N2. The van der Waals surface area contributed by atoms with Crippen LogP contribution in [0.4, 0.5) is 0 Å². The molecule has 0 saturated carbocycles. The minimum absolute atomic E-state index is 1.00. The van der Waals surface area contributed by atoms with Crippen LogP contribution in [0.3, 0.4) is 0 Å². The lowest BCUT2D eigenvalue weighted by molar-refractivity contribution is 0.226. The molecule has 2 heteroatoms. The zero-order valence-electron chi connectivity index (χ0n) is 13.4. The molecule has 2 rings (SSSR count). The second kappa shape index (κ2) is 7.96. The van der Waals surface area contributed by atoms with E-state index in [9.17, 15) is 0 Å². The summed E-state index contributed by atoms with van der Waals surface area (Å²) in [7, 11) is 4.26. The van der Waals surface area contributed by atoms with Crippen molar-refractivity contribution >= 4 is 0 Å². The molecule has 2 aromatic rings. The van der Waals surface area contributed by atoms with E-state index in [1.165, 1.54) is 16.7 Å². The van der Waals surface area contributed by atoms with E-state index in [0.29, 0.717) is 0 Å². The van der Waals surface area contributed by atoms with Gasteiger partial charge in [0, 0.05) is 26.2 Å². The predicted octanol–water partition coefficient (Wildman–Crippen LogP) is 3.56. The van der Waals surface area contributed by atoms with E-state index < -0.39 is 0 Å². The van der Waals surface area contributed by atoms with E-state index in [-0.39, 0.29) is 0 Å². The summed E-state index contributed by atoms with van der Waals surface area (Å²) in [5, 5.41) is 0. The Morgan fingerprint density at radius 3 is 1.86 bits per heavy atom. The highest BCUT2D eigenvalue weighted by atomic mass is 15.2. The van der Waals surface area contributed by atoms with Crippen molar-refractivity contribution in [2.75, 3.05) is 27.2 Å². The van der Waals surface area contributed by atoms with Gasteiger partial charge in [0.15, 0.2) is 0 Å². The van der Waals surface area contributed by atoms with Gasteiger partial charge in [0.25, 0.3) is 0 Å². The Labute approximate surface area is 129 Å². The van der Waals surface area contributed by atoms with Crippen LogP contribution in [0.5, 0.6) is 0 Å². The quantitative estimate of drug-likeness (QED) is 0.766. The van der Waals surface area contributed by atoms with Gasteiger partial charge in [-0.05, 0) is 32.1 Å². The van der Waals surface area contributed by atoms with Gasteiger partial charge in [0.1, 0.15) is 0 Å². The van der Waals surface area contributed by atoms with Gasteiger partial charge >= 0.3 is 0 Å². The molecule has 2 nitrogen and oxygen atoms in total. The van der Waals surface area contributed by atoms with E-state index in [4.69, 9.17) is 0 Å². The van der Waals surface area contributed by atoms with Crippen LogP contribution in [-0.4, -0.2) is 37.0 Å². The van der Waals surface area contributed by atoms with Gasteiger partial charge in [-0.25, -0.2) is 0 Å². The zero-order chi connectivity index (χ0) is 15.1. The Morgan fingerprint density at radius 1 is 0.714 bits per heavy atom. The Balaban J connectivity index is 2.02. The van der Waals surface area contributed by atoms with Crippen molar-refractivity contribution in [1.82, 2.24) is 9.80 Å². The highest BCUT2D eigenvalue weighted by molar-refractivity contribution is 5.21. The van der Waals surface area contributed by atoms with E-state index >= 15 is 0 Å². The third-order valence-corrected chi connectivity index (χ3v) is 3.64. The molecule has 0 N–H and O–H groups in total. The summed E-state index contributed by atoms with van der Waals surface area (Å²) in [6.45, 7) is 6.30. The topological polar surface area (TPSA) is 6.48 Å². The molecule has 2 aromatic carbocycles. The van der Waals surface area contributed by atoms with Crippen molar-refractivity contribution in [3.05, 3.63) is 71.3 Å². The fourth-order valence-corrected chi connectivity index (χ4v) is 2.35. The van der Waals surface area contributed by atoms with Crippen LogP contribution in [0.25, 0.3) is 0 Å². The molecule has 0 radical (unpaired) electrons. The molecule has 0 atom stereocenters. The number of likely N-dealkylation sites (N-methyl/N-ethyl adjacent to an activating group) is 1. The maximum absolute atomic E-state index is 2.51. The molecule has 0 aliphatic rings. The number of rotatable bonds is 7. The molecular weight excluding hydrogens is 256 g/mol. The third-order valence-electron chi connectivity index (χ3n) is 3.64. The van der Waals surface area contributed by atoms with Gasteiger partial charge in [-0.1, -0.05) is 60.2 Å². The van der Waals surface area contributed by atoms with Crippen LogP contribution >= 0.6 is 0 Å². The summed E-state index contributed by atoms with van der Waals surface area (Å²) in [5.74, 6) is 0. The van der Waals surface area contributed by atoms with Crippen molar-refractivity contribution < 1.29 is 0 Å². The molecule has 0 saturated heterocycles. The fraction of sp³-hybridized carbons (Fsp3) is 0.368. The lowest BCUT2D eigenvalue weighted by Gasteiger charge is -2.24. The van der Waals surface area contributed by atoms with E-state index in [0.717, 1.165) is 26.2 Å². The SMILES string of the molecule is Cc1ccc(CN(CCN(C)C)Cc2ccccc2)cc1. The lowest BCUT2D eigenvalue weighted by atomic mass is 10.1. The first kappa shape index (κ1) is 15.7. The first-order valence-corrected chi connectivity index (χ1v) is 7.60. The van der Waals surface area contributed by atoms with Crippen molar-refractivity contribution in [2.45, 2.75) is 20.0 Å². The second-order valence-electron chi connectivity index (χ2n) is 5.99. The summed E-state index contributed by atoms with van der Waals surface area (Å²) in [6.07, 6.45) is 0. The molecule has 0 heterocycles. The van der Waals surface area contributed by atoms with Crippen LogP contribution in [0.2, 0.25) is 0 Å². The van der Waals surface area contributed by atoms with Gasteiger partial charge in [-0.3, -0.25) is 4.90 Å². The van der Waals surface area contributed by atoms with Gasteiger partial charge < -0.3 is 4.90 Å². The highest BCUT2D eigenvalue weighted by Crippen LogP contribution is 2.11. The normalized spacial score (nSPS) is 11.3. The molecule has 0 bridgehead atoms. The van der Waals surface area contributed by atoms with E-state index in [1.807, 2.05) is 0 Å². The monoisotopic (exact) mass is 282 g/mol. The van der Waals surface area contributed by atoms with E-state index in [2.05, 4.69) is 85.4 Å². The number of hydrogen-bond acceptors (Lipinski definition) is 2. The minimum Gasteiger partial charge on any atom is -0.308 e. The Kier molecular flexibility index (Phi) is 5.97. The average molecular weight is 282 g/mol. The zero-order valence-corrected chi connectivity index (χ0v) is 13.4. The van der Waals surface area contributed by atoms with Gasteiger partial charge in [0.05, 0.1) is 0 Å². The van der Waals surface area contributed by atoms with Gasteiger partial charge in [-0.2, -0.15) is 0 Å². The number of aryl methyl sites for hydroxylation is 1. The van der Waals surface area contributed by atoms with Crippen molar-refractivity contribution in [3.63, 3.8) is 0 Å². The summed E-state index contributed by atoms with van der Waals surface area (Å²) < 4.78 is 0. The molecule has 0 unspecified atom stereocenters. The minimum atomic E-state index is 1.00. The summed E-state index contributed by atoms with van der Waals surface area (Å²) in [5.41, 5.74) is 4.08. The standard InChI is InChI=1S/C19H26N2/c1-17-9-11-19(12-10-17)16-21(14-13-20(2)3)15-18-7-5-4-6-8-18/h4-12H,13-16H2,1-3H3. The maximum atomic E-state index is 2.51. The molecule has 0 aromatic heterocycles. The molecule has 0 aliphatic heterocycles. The van der Waals surface area contributed by atoms with Crippen LogP contribution in [-0.2, 0) is 13.1 Å². The van der Waals surface area contributed by atoms with Gasteiger partial charge in [-0.15, -0.1) is 0 Å².